The molecule has 3 rings (SSSR count). The first-order chi connectivity index (χ1) is 12.8. The van der Waals surface area contributed by atoms with Crippen LogP contribution in [0.1, 0.15) is 0 Å². The summed E-state index contributed by atoms with van der Waals surface area (Å²) in [5.41, 5.74) is 0.884. The SMILES string of the molecule is O=C(Nc1ccc(S(=O)(=O)Nc2nccs2)cc1)Nc1ccc(Cl)c(Cl)c1. The molecule has 3 N–H and O–H groups in total. The number of carbonyl (C=O) groups excluding carboxylic acids is 1. The van der Waals surface area contributed by atoms with Crippen LogP contribution in [0.15, 0.2) is 58.9 Å². The Balaban J connectivity index is 1.64. The van der Waals surface area contributed by atoms with E-state index in [1.807, 2.05) is 0 Å². The van der Waals surface area contributed by atoms with Gasteiger partial charge in [0.15, 0.2) is 5.13 Å². The number of anilines is 3. The fourth-order valence-electron chi connectivity index (χ4n) is 2.03. The van der Waals surface area contributed by atoms with Gasteiger partial charge < -0.3 is 10.6 Å². The first kappa shape index (κ1) is 19.4. The van der Waals surface area contributed by atoms with Gasteiger partial charge in [-0.05, 0) is 42.5 Å². The largest absolute Gasteiger partial charge is 0.323 e. The lowest BCUT2D eigenvalue weighted by molar-refractivity contribution is 0.262. The van der Waals surface area contributed by atoms with Gasteiger partial charge in [0.1, 0.15) is 0 Å². The van der Waals surface area contributed by atoms with Crippen molar-refractivity contribution in [3.8, 4) is 0 Å². The molecule has 1 aromatic heterocycles. The van der Waals surface area contributed by atoms with E-state index in [2.05, 4.69) is 20.3 Å². The van der Waals surface area contributed by atoms with Crippen molar-refractivity contribution in [1.29, 1.82) is 0 Å². The molecule has 27 heavy (non-hydrogen) atoms. The van der Waals surface area contributed by atoms with Crippen molar-refractivity contribution in [3.05, 3.63) is 64.1 Å². The molecule has 140 valence electrons. The van der Waals surface area contributed by atoms with Gasteiger partial charge in [-0.2, -0.15) is 0 Å². The summed E-state index contributed by atoms with van der Waals surface area (Å²) in [4.78, 5) is 16.0. The average Bonchev–Trinajstić information content (AvgIpc) is 3.11. The molecule has 11 heteroatoms. The molecular weight excluding hydrogens is 431 g/mol. The zero-order chi connectivity index (χ0) is 19.4. The zero-order valence-corrected chi connectivity index (χ0v) is 16.6. The molecular formula is C16H12Cl2N4O3S2. The van der Waals surface area contributed by atoms with Gasteiger partial charge in [-0.25, -0.2) is 18.2 Å². The molecule has 0 aliphatic heterocycles. The Hall–Kier alpha value is -2.33. The van der Waals surface area contributed by atoms with Gasteiger partial charge >= 0.3 is 6.03 Å². The van der Waals surface area contributed by atoms with Crippen molar-refractivity contribution >= 4 is 67.1 Å². The lowest BCUT2D eigenvalue weighted by Gasteiger charge is -2.09. The smallest absolute Gasteiger partial charge is 0.308 e. The predicted molar refractivity (Wildman–Crippen MR) is 108 cm³/mol. The van der Waals surface area contributed by atoms with E-state index in [9.17, 15) is 13.2 Å². The quantitative estimate of drug-likeness (QED) is 0.523. The average molecular weight is 443 g/mol. The van der Waals surface area contributed by atoms with E-state index in [1.165, 1.54) is 47.9 Å². The van der Waals surface area contributed by atoms with Crippen LogP contribution in [0.2, 0.25) is 10.0 Å². The van der Waals surface area contributed by atoms with Crippen molar-refractivity contribution in [1.82, 2.24) is 4.98 Å². The Morgan fingerprint density at radius 3 is 2.26 bits per heavy atom. The first-order valence-corrected chi connectivity index (χ1v) is 10.5. The summed E-state index contributed by atoms with van der Waals surface area (Å²) in [6.45, 7) is 0. The summed E-state index contributed by atoms with van der Waals surface area (Å²) in [5.74, 6) is 0. The van der Waals surface area contributed by atoms with E-state index < -0.39 is 16.1 Å². The maximum Gasteiger partial charge on any atom is 0.323 e. The normalized spacial score (nSPS) is 11.0. The van der Waals surface area contributed by atoms with Crippen LogP contribution in [0.4, 0.5) is 21.3 Å². The highest BCUT2D eigenvalue weighted by Gasteiger charge is 2.15. The highest BCUT2D eigenvalue weighted by Crippen LogP contribution is 2.25. The number of aromatic nitrogens is 1. The molecule has 2 aromatic carbocycles. The third kappa shape index (κ3) is 5.10. The van der Waals surface area contributed by atoms with Gasteiger partial charge in [0.2, 0.25) is 0 Å². The molecule has 0 saturated heterocycles. The maximum atomic E-state index is 12.3. The van der Waals surface area contributed by atoms with Gasteiger partial charge in [-0.15, -0.1) is 11.3 Å². The summed E-state index contributed by atoms with van der Waals surface area (Å²) < 4.78 is 26.9. The number of thiazole rings is 1. The summed E-state index contributed by atoms with van der Waals surface area (Å²) in [5, 5.41) is 7.84. The highest BCUT2D eigenvalue weighted by atomic mass is 35.5. The van der Waals surface area contributed by atoms with Crippen molar-refractivity contribution in [2.75, 3.05) is 15.4 Å². The number of hydrogen-bond acceptors (Lipinski definition) is 5. The number of sulfonamides is 1. The van der Waals surface area contributed by atoms with E-state index in [-0.39, 0.29) is 10.0 Å². The van der Waals surface area contributed by atoms with Crippen LogP contribution >= 0.6 is 34.5 Å². The number of benzene rings is 2. The maximum absolute atomic E-state index is 12.3. The van der Waals surface area contributed by atoms with Crippen molar-refractivity contribution in [2.24, 2.45) is 0 Å². The lowest BCUT2D eigenvalue weighted by Crippen LogP contribution is -2.19. The van der Waals surface area contributed by atoms with Gasteiger partial charge in [-0.1, -0.05) is 23.2 Å². The van der Waals surface area contributed by atoms with Gasteiger partial charge in [0.05, 0.1) is 14.9 Å². The molecule has 0 unspecified atom stereocenters. The summed E-state index contributed by atoms with van der Waals surface area (Å²) in [6.07, 6.45) is 1.50. The third-order valence-corrected chi connectivity index (χ3v) is 6.17. The van der Waals surface area contributed by atoms with Gasteiger partial charge in [-0.3, -0.25) is 4.72 Å². The first-order valence-electron chi connectivity index (χ1n) is 7.39. The summed E-state index contributed by atoms with van der Waals surface area (Å²) in [6, 6.07) is 9.89. The predicted octanol–water partition coefficient (Wildman–Crippen LogP) is 4.89. The molecule has 1 heterocycles. The second-order valence-corrected chi connectivity index (χ2v) is 8.57. The van der Waals surface area contributed by atoms with Crippen LogP contribution in [0.5, 0.6) is 0 Å². The molecule has 3 aromatic rings. The molecule has 7 nitrogen and oxygen atoms in total. The van der Waals surface area contributed by atoms with E-state index in [0.717, 1.165) is 0 Å². The van der Waals surface area contributed by atoms with Gasteiger partial charge in [0, 0.05) is 23.0 Å². The van der Waals surface area contributed by atoms with Crippen molar-refractivity contribution in [2.45, 2.75) is 4.90 Å². The van der Waals surface area contributed by atoms with Gasteiger partial charge in [0.25, 0.3) is 10.0 Å². The lowest BCUT2D eigenvalue weighted by atomic mass is 10.3. The number of halogens is 2. The van der Waals surface area contributed by atoms with E-state index in [4.69, 9.17) is 23.2 Å². The van der Waals surface area contributed by atoms with E-state index in [0.29, 0.717) is 21.4 Å². The van der Waals surface area contributed by atoms with Crippen LogP contribution in [0, 0.1) is 0 Å². The second-order valence-electron chi connectivity index (χ2n) is 5.18. The molecule has 0 radical (unpaired) electrons. The van der Waals surface area contributed by atoms with E-state index >= 15 is 0 Å². The second kappa shape index (κ2) is 8.13. The number of carbonyl (C=O) groups is 1. The standard InChI is InChI=1S/C16H12Cl2N4O3S2/c17-13-6-3-11(9-14(13)18)21-15(23)20-10-1-4-12(5-2-10)27(24,25)22-16-19-7-8-26-16/h1-9H,(H,19,22)(H2,20,21,23). The Bertz CT molecular complexity index is 1060. The molecule has 0 atom stereocenters. The Kier molecular flexibility index (Phi) is 5.85. The summed E-state index contributed by atoms with van der Waals surface area (Å²) >= 11 is 12.9. The number of nitrogens with zero attached hydrogens (tertiary/aromatic N) is 1. The Morgan fingerprint density at radius 1 is 0.963 bits per heavy atom. The highest BCUT2D eigenvalue weighted by molar-refractivity contribution is 7.93. The minimum atomic E-state index is -3.74. The fourth-order valence-corrected chi connectivity index (χ4v) is 4.12. The zero-order valence-electron chi connectivity index (χ0n) is 13.4. The number of rotatable bonds is 5. The molecule has 0 saturated carbocycles. The Labute approximate surface area is 169 Å². The van der Waals surface area contributed by atoms with Crippen molar-refractivity contribution < 1.29 is 13.2 Å². The Morgan fingerprint density at radius 2 is 1.63 bits per heavy atom. The van der Waals surface area contributed by atoms with Crippen LogP contribution in [0.25, 0.3) is 0 Å². The number of hydrogen-bond donors (Lipinski definition) is 3. The fraction of sp³-hybridized carbons (Fsp3) is 0. The molecule has 0 aliphatic rings. The monoisotopic (exact) mass is 442 g/mol. The molecule has 0 bridgehead atoms. The minimum Gasteiger partial charge on any atom is -0.308 e. The number of nitrogens with one attached hydrogen (secondary N) is 3. The topological polar surface area (TPSA) is 100 Å². The minimum absolute atomic E-state index is 0.0492. The molecule has 0 aliphatic carbocycles. The molecule has 2 amide bonds. The van der Waals surface area contributed by atoms with Crippen molar-refractivity contribution in [3.63, 3.8) is 0 Å². The number of urea groups is 1. The third-order valence-electron chi connectivity index (χ3n) is 3.25. The number of amides is 2. The van der Waals surface area contributed by atoms with Crippen LogP contribution < -0.4 is 15.4 Å². The van der Waals surface area contributed by atoms with Crippen LogP contribution in [-0.4, -0.2) is 19.4 Å². The molecule has 0 fully saturated rings. The van der Waals surface area contributed by atoms with Crippen LogP contribution in [-0.2, 0) is 10.0 Å². The molecule has 0 spiro atoms. The summed E-state index contributed by atoms with van der Waals surface area (Å²) in [7, 11) is -3.74. The van der Waals surface area contributed by atoms with E-state index in [1.54, 1.807) is 17.5 Å². The van der Waals surface area contributed by atoms with Crippen LogP contribution in [0.3, 0.4) is 0 Å².